The van der Waals surface area contributed by atoms with Gasteiger partial charge in [-0.25, -0.2) is 4.39 Å². The molecule has 1 heterocycles. The molecule has 1 saturated heterocycles. The largest absolute Gasteiger partial charge is 0.369 e. The minimum Gasteiger partial charge on any atom is -0.369 e. The third-order valence-corrected chi connectivity index (χ3v) is 5.57. The number of rotatable bonds is 5. The van der Waals surface area contributed by atoms with E-state index in [0.29, 0.717) is 5.56 Å². The van der Waals surface area contributed by atoms with E-state index in [-0.39, 0.29) is 24.3 Å². The lowest BCUT2D eigenvalue weighted by Crippen LogP contribution is -2.54. The molecule has 27 heavy (non-hydrogen) atoms. The molecule has 0 unspecified atom stereocenters. The first kappa shape index (κ1) is 19.4. The third kappa shape index (κ3) is 4.48. The smallest absolute Gasteiger partial charge is 0.237 e. The summed E-state index contributed by atoms with van der Waals surface area (Å²) in [5.41, 5.74) is 4.42. The minimum absolute atomic E-state index is 0.0570. The van der Waals surface area contributed by atoms with Crippen LogP contribution in [0.2, 0.25) is 0 Å². The zero-order valence-electron chi connectivity index (χ0n) is 16.3. The predicted molar refractivity (Wildman–Crippen MR) is 107 cm³/mol. The lowest BCUT2D eigenvalue weighted by Gasteiger charge is -2.39. The van der Waals surface area contributed by atoms with Crippen LogP contribution in [-0.4, -0.2) is 43.0 Å². The van der Waals surface area contributed by atoms with Gasteiger partial charge in [-0.3, -0.25) is 9.69 Å². The molecule has 1 aliphatic rings. The molecule has 0 bridgehead atoms. The first-order valence-electron chi connectivity index (χ1n) is 9.53. The van der Waals surface area contributed by atoms with Crippen LogP contribution in [-0.2, 0) is 11.3 Å². The Morgan fingerprint density at radius 1 is 1.07 bits per heavy atom. The fourth-order valence-corrected chi connectivity index (χ4v) is 3.57. The Bertz CT molecular complexity index is 800. The second-order valence-corrected chi connectivity index (χ2v) is 7.23. The summed E-state index contributed by atoms with van der Waals surface area (Å²) in [5, 5.41) is 2.86. The van der Waals surface area contributed by atoms with E-state index in [2.05, 4.69) is 47.2 Å². The molecule has 0 saturated carbocycles. The van der Waals surface area contributed by atoms with E-state index in [1.165, 1.54) is 22.9 Å². The molecular weight excluding hydrogens is 341 g/mol. The molecule has 1 amide bonds. The molecule has 2 aromatic carbocycles. The first-order valence-corrected chi connectivity index (χ1v) is 9.53. The van der Waals surface area contributed by atoms with Crippen LogP contribution >= 0.6 is 0 Å². The van der Waals surface area contributed by atoms with Crippen LogP contribution in [0.1, 0.15) is 23.6 Å². The fraction of sp³-hybridized carbons (Fsp3) is 0.409. The maximum Gasteiger partial charge on any atom is 0.237 e. The normalized spacial score (nSPS) is 16.2. The van der Waals surface area contributed by atoms with E-state index in [9.17, 15) is 9.18 Å². The summed E-state index contributed by atoms with van der Waals surface area (Å²) < 4.78 is 13.7. The van der Waals surface area contributed by atoms with Crippen molar-refractivity contribution >= 4 is 11.6 Å². The molecule has 1 aliphatic heterocycles. The zero-order valence-corrected chi connectivity index (χ0v) is 16.3. The van der Waals surface area contributed by atoms with E-state index in [1.807, 2.05) is 6.92 Å². The number of hydrogen-bond donors (Lipinski definition) is 1. The second-order valence-electron chi connectivity index (χ2n) is 7.23. The standard InChI is InChI=1S/C22H28FN3O/c1-16-7-6-10-21(17(16)2)26-13-11-25(12-14-26)18(3)22(27)24-15-19-8-4-5-9-20(19)23/h4-10,18H,11-15H2,1-3H3,(H,24,27)/t18-/m1/s1. The predicted octanol–water partition coefficient (Wildman–Crippen LogP) is 3.27. The SMILES string of the molecule is Cc1cccc(N2CCN([C@H](C)C(=O)NCc3ccccc3F)CC2)c1C. The van der Waals surface area contributed by atoms with E-state index < -0.39 is 0 Å². The number of nitrogens with one attached hydrogen (secondary N) is 1. The summed E-state index contributed by atoms with van der Waals surface area (Å²) in [7, 11) is 0. The summed E-state index contributed by atoms with van der Waals surface area (Å²) in [6, 6.07) is 12.7. The molecule has 4 nitrogen and oxygen atoms in total. The molecule has 0 spiro atoms. The Labute approximate surface area is 161 Å². The van der Waals surface area contributed by atoms with Gasteiger partial charge >= 0.3 is 0 Å². The number of nitrogens with zero attached hydrogens (tertiary/aromatic N) is 2. The highest BCUT2D eigenvalue weighted by atomic mass is 19.1. The van der Waals surface area contributed by atoms with E-state index in [0.717, 1.165) is 26.2 Å². The van der Waals surface area contributed by atoms with Gasteiger partial charge in [0, 0.05) is 44.0 Å². The lowest BCUT2D eigenvalue weighted by atomic mass is 10.1. The van der Waals surface area contributed by atoms with Gasteiger partial charge in [0.1, 0.15) is 5.82 Å². The number of benzene rings is 2. The number of piperazine rings is 1. The van der Waals surface area contributed by atoms with E-state index >= 15 is 0 Å². The average molecular weight is 369 g/mol. The van der Waals surface area contributed by atoms with Crippen LogP contribution < -0.4 is 10.2 Å². The third-order valence-electron chi connectivity index (χ3n) is 5.57. The average Bonchev–Trinajstić information content (AvgIpc) is 2.69. The topological polar surface area (TPSA) is 35.6 Å². The van der Waals surface area contributed by atoms with Gasteiger partial charge in [0.25, 0.3) is 0 Å². The number of halogens is 1. The van der Waals surface area contributed by atoms with E-state index in [4.69, 9.17) is 0 Å². The van der Waals surface area contributed by atoms with Gasteiger partial charge in [-0.05, 0) is 44.0 Å². The number of carbonyl (C=O) groups is 1. The van der Waals surface area contributed by atoms with Gasteiger partial charge in [-0.1, -0.05) is 30.3 Å². The maximum absolute atomic E-state index is 13.7. The number of carbonyl (C=O) groups excluding carboxylic acids is 1. The van der Waals surface area contributed by atoms with Gasteiger partial charge in [0.2, 0.25) is 5.91 Å². The molecule has 1 fully saturated rings. The van der Waals surface area contributed by atoms with Crippen molar-refractivity contribution in [1.29, 1.82) is 0 Å². The number of aryl methyl sites for hydroxylation is 1. The Morgan fingerprint density at radius 3 is 2.48 bits per heavy atom. The number of amides is 1. The van der Waals surface area contributed by atoms with Crippen LogP contribution in [0.5, 0.6) is 0 Å². The molecule has 0 aromatic heterocycles. The quantitative estimate of drug-likeness (QED) is 0.879. The molecule has 3 rings (SSSR count). The molecule has 1 atom stereocenters. The summed E-state index contributed by atoms with van der Waals surface area (Å²) >= 11 is 0. The van der Waals surface area contributed by atoms with E-state index in [1.54, 1.807) is 18.2 Å². The fourth-order valence-electron chi connectivity index (χ4n) is 3.57. The van der Waals surface area contributed by atoms with Gasteiger partial charge in [-0.2, -0.15) is 0 Å². The summed E-state index contributed by atoms with van der Waals surface area (Å²) in [5.74, 6) is -0.342. The van der Waals surface area contributed by atoms with Crippen LogP contribution in [0, 0.1) is 19.7 Å². The van der Waals surface area contributed by atoms with Gasteiger partial charge in [-0.15, -0.1) is 0 Å². The molecule has 0 radical (unpaired) electrons. The van der Waals surface area contributed by atoms with Crippen molar-refractivity contribution in [3.63, 3.8) is 0 Å². The highest BCUT2D eigenvalue weighted by Gasteiger charge is 2.26. The molecule has 2 aromatic rings. The zero-order chi connectivity index (χ0) is 19.4. The molecular formula is C22H28FN3O. The lowest BCUT2D eigenvalue weighted by molar-refractivity contribution is -0.126. The van der Waals surface area contributed by atoms with Crippen LogP contribution in [0.3, 0.4) is 0 Å². The Kier molecular flexibility index (Phi) is 6.11. The van der Waals surface area contributed by atoms with Crippen LogP contribution in [0.4, 0.5) is 10.1 Å². The van der Waals surface area contributed by atoms with Crippen molar-refractivity contribution in [1.82, 2.24) is 10.2 Å². The summed E-state index contributed by atoms with van der Waals surface area (Å²) in [6.45, 7) is 9.91. The monoisotopic (exact) mass is 369 g/mol. The van der Waals surface area contributed by atoms with Gasteiger partial charge in [0.05, 0.1) is 6.04 Å². The van der Waals surface area contributed by atoms with Crippen molar-refractivity contribution < 1.29 is 9.18 Å². The van der Waals surface area contributed by atoms with Crippen molar-refractivity contribution in [2.45, 2.75) is 33.4 Å². The number of hydrogen-bond acceptors (Lipinski definition) is 3. The Morgan fingerprint density at radius 2 is 1.78 bits per heavy atom. The molecule has 1 N–H and O–H groups in total. The van der Waals surface area contributed by atoms with Crippen molar-refractivity contribution in [2.24, 2.45) is 0 Å². The van der Waals surface area contributed by atoms with Crippen molar-refractivity contribution in [3.05, 3.63) is 65.0 Å². The van der Waals surface area contributed by atoms with Gasteiger partial charge < -0.3 is 10.2 Å². The van der Waals surface area contributed by atoms with Gasteiger partial charge in [0.15, 0.2) is 0 Å². The summed E-state index contributed by atoms with van der Waals surface area (Å²) in [4.78, 5) is 17.1. The summed E-state index contributed by atoms with van der Waals surface area (Å²) in [6.07, 6.45) is 0. The highest BCUT2D eigenvalue weighted by molar-refractivity contribution is 5.81. The molecule has 144 valence electrons. The second kappa shape index (κ2) is 8.53. The van der Waals surface area contributed by atoms with Crippen molar-refractivity contribution in [2.75, 3.05) is 31.1 Å². The minimum atomic E-state index is -0.285. The Balaban J connectivity index is 1.53. The molecule has 5 heteroatoms. The maximum atomic E-state index is 13.7. The Hall–Kier alpha value is -2.40. The van der Waals surface area contributed by atoms with Crippen molar-refractivity contribution in [3.8, 4) is 0 Å². The molecule has 0 aliphatic carbocycles. The first-order chi connectivity index (χ1) is 13.0. The number of anilines is 1. The van der Waals surface area contributed by atoms with Crippen LogP contribution in [0.25, 0.3) is 0 Å². The van der Waals surface area contributed by atoms with Crippen LogP contribution in [0.15, 0.2) is 42.5 Å². The highest BCUT2D eigenvalue weighted by Crippen LogP contribution is 2.24.